The number of anilines is 1. The van der Waals surface area contributed by atoms with Gasteiger partial charge in [0.1, 0.15) is 11.6 Å². The fraction of sp³-hybridized carbons (Fsp3) is 0.320. The van der Waals surface area contributed by atoms with Crippen LogP contribution in [0, 0.1) is 19.7 Å². The minimum atomic E-state index is -0.222. The molecular formula is C25H28FN3O2. The van der Waals surface area contributed by atoms with Crippen LogP contribution in [0.4, 0.5) is 10.1 Å². The Morgan fingerprint density at radius 1 is 1.03 bits per heavy atom. The standard InChI is InChI=1S/C25H28FN3O2/c1-18-5-6-20(16-19(18)2)25(30)27-17-23(24-4-3-15-31-24)29-13-11-28(12-14-29)22-9-7-21(26)8-10-22/h3-10,15-16,23H,11-14,17H2,1-2H3,(H,27,30). The van der Waals surface area contributed by atoms with Gasteiger partial charge in [0, 0.05) is 44.0 Å². The summed E-state index contributed by atoms with van der Waals surface area (Å²) in [4.78, 5) is 17.3. The second-order valence-corrected chi connectivity index (χ2v) is 8.04. The molecule has 1 amide bonds. The number of carbonyl (C=O) groups excluding carboxylic acids is 1. The third-order valence-corrected chi connectivity index (χ3v) is 6.04. The van der Waals surface area contributed by atoms with E-state index in [0.717, 1.165) is 43.2 Å². The van der Waals surface area contributed by atoms with E-state index in [1.165, 1.54) is 17.7 Å². The van der Waals surface area contributed by atoms with Crippen molar-refractivity contribution in [2.75, 3.05) is 37.6 Å². The molecule has 2 aromatic carbocycles. The summed E-state index contributed by atoms with van der Waals surface area (Å²) >= 11 is 0. The van der Waals surface area contributed by atoms with E-state index in [1.54, 1.807) is 6.26 Å². The summed E-state index contributed by atoms with van der Waals surface area (Å²) in [6.07, 6.45) is 1.67. The van der Waals surface area contributed by atoms with E-state index in [0.29, 0.717) is 12.1 Å². The van der Waals surface area contributed by atoms with Crippen LogP contribution in [0.3, 0.4) is 0 Å². The first kappa shape index (κ1) is 21.1. The number of aryl methyl sites for hydroxylation is 2. The number of benzene rings is 2. The van der Waals surface area contributed by atoms with Crippen molar-refractivity contribution in [3.63, 3.8) is 0 Å². The van der Waals surface area contributed by atoms with Crippen molar-refractivity contribution in [3.8, 4) is 0 Å². The molecule has 0 aliphatic carbocycles. The van der Waals surface area contributed by atoms with Gasteiger partial charge in [-0.3, -0.25) is 9.69 Å². The molecule has 1 saturated heterocycles. The lowest BCUT2D eigenvalue weighted by Crippen LogP contribution is -2.49. The molecule has 1 N–H and O–H groups in total. The molecule has 2 heterocycles. The van der Waals surface area contributed by atoms with E-state index in [9.17, 15) is 9.18 Å². The number of nitrogens with one attached hydrogen (secondary N) is 1. The molecular weight excluding hydrogens is 393 g/mol. The summed E-state index contributed by atoms with van der Waals surface area (Å²) in [5.74, 6) is 0.542. The van der Waals surface area contributed by atoms with Crippen LogP contribution in [0.5, 0.6) is 0 Å². The van der Waals surface area contributed by atoms with E-state index < -0.39 is 0 Å². The Balaban J connectivity index is 1.41. The fourth-order valence-corrected chi connectivity index (χ4v) is 4.01. The molecule has 1 aliphatic rings. The number of furan rings is 1. The average molecular weight is 422 g/mol. The highest BCUT2D eigenvalue weighted by Crippen LogP contribution is 2.24. The molecule has 6 heteroatoms. The van der Waals surface area contributed by atoms with Crippen molar-refractivity contribution >= 4 is 11.6 Å². The maximum atomic E-state index is 13.2. The Labute approximate surface area is 182 Å². The van der Waals surface area contributed by atoms with Gasteiger partial charge in [0.05, 0.1) is 12.3 Å². The molecule has 1 atom stereocenters. The minimum absolute atomic E-state index is 0.0409. The lowest BCUT2D eigenvalue weighted by atomic mass is 10.1. The Morgan fingerprint density at radius 2 is 1.77 bits per heavy atom. The quantitative estimate of drug-likeness (QED) is 0.644. The van der Waals surface area contributed by atoms with Crippen molar-refractivity contribution in [2.24, 2.45) is 0 Å². The average Bonchev–Trinajstić information content (AvgIpc) is 3.31. The molecule has 5 nitrogen and oxygen atoms in total. The highest BCUT2D eigenvalue weighted by atomic mass is 19.1. The predicted octanol–water partition coefficient (Wildman–Crippen LogP) is 4.33. The summed E-state index contributed by atoms with van der Waals surface area (Å²) < 4.78 is 18.9. The molecule has 162 valence electrons. The predicted molar refractivity (Wildman–Crippen MR) is 120 cm³/mol. The van der Waals surface area contributed by atoms with Crippen LogP contribution >= 0.6 is 0 Å². The zero-order valence-electron chi connectivity index (χ0n) is 18.0. The van der Waals surface area contributed by atoms with E-state index in [1.807, 2.05) is 56.3 Å². The molecule has 4 rings (SSSR count). The summed E-state index contributed by atoms with van der Waals surface area (Å²) in [5, 5.41) is 3.08. The molecule has 3 aromatic rings. The molecule has 1 unspecified atom stereocenters. The monoisotopic (exact) mass is 421 g/mol. The van der Waals surface area contributed by atoms with Crippen LogP contribution in [0.15, 0.2) is 65.3 Å². The Morgan fingerprint density at radius 3 is 2.42 bits per heavy atom. The zero-order chi connectivity index (χ0) is 21.8. The van der Waals surface area contributed by atoms with Gasteiger partial charge in [0.2, 0.25) is 0 Å². The van der Waals surface area contributed by atoms with Crippen LogP contribution in [0.1, 0.15) is 33.3 Å². The van der Waals surface area contributed by atoms with Gasteiger partial charge in [0.25, 0.3) is 5.91 Å². The molecule has 1 aliphatic heterocycles. The van der Waals surface area contributed by atoms with Crippen LogP contribution in [0.25, 0.3) is 0 Å². The van der Waals surface area contributed by atoms with Gasteiger partial charge < -0.3 is 14.6 Å². The number of rotatable bonds is 6. The minimum Gasteiger partial charge on any atom is -0.468 e. The van der Waals surface area contributed by atoms with Gasteiger partial charge >= 0.3 is 0 Å². The third-order valence-electron chi connectivity index (χ3n) is 6.04. The van der Waals surface area contributed by atoms with E-state index in [-0.39, 0.29) is 17.8 Å². The smallest absolute Gasteiger partial charge is 0.251 e. The third kappa shape index (κ3) is 4.97. The van der Waals surface area contributed by atoms with Gasteiger partial charge in [-0.15, -0.1) is 0 Å². The van der Waals surface area contributed by atoms with Crippen molar-refractivity contribution in [3.05, 3.63) is 89.1 Å². The van der Waals surface area contributed by atoms with E-state index >= 15 is 0 Å². The second-order valence-electron chi connectivity index (χ2n) is 8.04. The summed E-state index contributed by atoms with van der Waals surface area (Å²) in [6.45, 7) is 7.82. The Hall–Kier alpha value is -3.12. The van der Waals surface area contributed by atoms with Gasteiger partial charge in [-0.2, -0.15) is 0 Å². The van der Waals surface area contributed by atoms with Crippen molar-refractivity contribution in [2.45, 2.75) is 19.9 Å². The Kier molecular flexibility index (Phi) is 6.37. The first-order valence-corrected chi connectivity index (χ1v) is 10.6. The van der Waals surface area contributed by atoms with E-state index in [2.05, 4.69) is 15.1 Å². The lowest BCUT2D eigenvalue weighted by molar-refractivity contribution is 0.0922. The van der Waals surface area contributed by atoms with Crippen molar-refractivity contribution in [1.82, 2.24) is 10.2 Å². The molecule has 0 spiro atoms. The van der Waals surface area contributed by atoms with Crippen LogP contribution in [-0.4, -0.2) is 43.5 Å². The number of halogens is 1. The van der Waals surface area contributed by atoms with Gasteiger partial charge in [-0.05, 0) is 73.5 Å². The molecule has 0 bridgehead atoms. The molecule has 1 fully saturated rings. The fourth-order valence-electron chi connectivity index (χ4n) is 4.01. The Bertz CT molecular complexity index is 1010. The zero-order valence-corrected chi connectivity index (χ0v) is 18.0. The molecule has 1 aromatic heterocycles. The highest BCUT2D eigenvalue weighted by Gasteiger charge is 2.27. The van der Waals surface area contributed by atoms with Crippen LogP contribution in [0.2, 0.25) is 0 Å². The van der Waals surface area contributed by atoms with E-state index in [4.69, 9.17) is 4.42 Å². The van der Waals surface area contributed by atoms with Gasteiger partial charge in [-0.1, -0.05) is 6.07 Å². The number of hydrogen-bond donors (Lipinski definition) is 1. The highest BCUT2D eigenvalue weighted by molar-refractivity contribution is 5.94. The number of piperazine rings is 1. The normalized spacial score (nSPS) is 15.6. The second kappa shape index (κ2) is 9.35. The van der Waals surface area contributed by atoms with Crippen molar-refractivity contribution in [1.29, 1.82) is 0 Å². The van der Waals surface area contributed by atoms with Gasteiger partial charge in [0.15, 0.2) is 0 Å². The number of amides is 1. The topological polar surface area (TPSA) is 48.7 Å². The molecule has 0 saturated carbocycles. The SMILES string of the molecule is Cc1ccc(C(=O)NCC(c2ccco2)N2CCN(c3ccc(F)cc3)CC2)cc1C. The number of hydrogen-bond acceptors (Lipinski definition) is 4. The van der Waals surface area contributed by atoms with Crippen LogP contribution < -0.4 is 10.2 Å². The van der Waals surface area contributed by atoms with Crippen molar-refractivity contribution < 1.29 is 13.6 Å². The summed E-state index contributed by atoms with van der Waals surface area (Å²) in [5.41, 5.74) is 3.97. The molecule has 0 radical (unpaired) electrons. The van der Waals surface area contributed by atoms with Crippen LogP contribution in [-0.2, 0) is 0 Å². The van der Waals surface area contributed by atoms with Gasteiger partial charge in [-0.25, -0.2) is 4.39 Å². The lowest BCUT2D eigenvalue weighted by Gasteiger charge is -2.39. The summed E-state index contributed by atoms with van der Waals surface area (Å²) in [6, 6.07) is 16.2. The number of carbonyl (C=O) groups is 1. The maximum Gasteiger partial charge on any atom is 0.251 e. The number of nitrogens with zero attached hydrogens (tertiary/aromatic N) is 2. The maximum absolute atomic E-state index is 13.2. The summed E-state index contributed by atoms with van der Waals surface area (Å²) in [7, 11) is 0. The first-order valence-electron chi connectivity index (χ1n) is 10.6. The largest absolute Gasteiger partial charge is 0.468 e. The first-order chi connectivity index (χ1) is 15.0. The molecule has 31 heavy (non-hydrogen) atoms.